The lowest BCUT2D eigenvalue weighted by Gasteiger charge is -2.17. The van der Waals surface area contributed by atoms with Crippen LogP contribution < -0.4 is 4.90 Å². The number of para-hydroxylation sites is 2. The molecule has 0 unspecified atom stereocenters. The highest BCUT2D eigenvalue weighted by atomic mass is 16.3. The molecule has 3 heteroatoms. The zero-order chi connectivity index (χ0) is 13.2. The Morgan fingerprint density at radius 1 is 1.11 bits per heavy atom. The van der Waals surface area contributed by atoms with E-state index in [2.05, 4.69) is 6.07 Å². The van der Waals surface area contributed by atoms with Crippen molar-refractivity contribution in [2.75, 3.05) is 11.4 Å². The molecule has 1 aliphatic heterocycles. The molecule has 0 aromatic heterocycles. The van der Waals surface area contributed by atoms with Crippen molar-refractivity contribution in [3.63, 3.8) is 0 Å². The number of amides is 1. The summed E-state index contributed by atoms with van der Waals surface area (Å²) in [7, 11) is 0. The van der Waals surface area contributed by atoms with Crippen molar-refractivity contribution in [3.8, 4) is 5.75 Å². The molecule has 1 heterocycles. The van der Waals surface area contributed by atoms with Crippen LogP contribution in [-0.4, -0.2) is 17.6 Å². The van der Waals surface area contributed by atoms with Crippen LogP contribution in [0, 0.1) is 0 Å². The van der Waals surface area contributed by atoms with Gasteiger partial charge < -0.3 is 10.0 Å². The molecule has 2 aromatic carbocycles. The van der Waals surface area contributed by atoms with Crippen LogP contribution in [0.25, 0.3) is 0 Å². The predicted octanol–water partition coefficient (Wildman–Crippen LogP) is 2.52. The number of carbonyl (C=O) groups is 1. The molecular weight excluding hydrogens is 238 g/mol. The maximum absolute atomic E-state index is 12.3. The SMILES string of the molecule is O=C(Cc1ccccc1O)N1CCc2ccccc21. The highest BCUT2D eigenvalue weighted by molar-refractivity contribution is 5.96. The topological polar surface area (TPSA) is 40.5 Å². The number of benzene rings is 2. The highest BCUT2D eigenvalue weighted by Crippen LogP contribution is 2.28. The smallest absolute Gasteiger partial charge is 0.231 e. The van der Waals surface area contributed by atoms with Crippen LogP contribution in [-0.2, 0) is 17.6 Å². The van der Waals surface area contributed by atoms with Gasteiger partial charge in [0.25, 0.3) is 0 Å². The number of phenolic OH excluding ortho intramolecular Hbond substituents is 1. The minimum atomic E-state index is 0.0338. The van der Waals surface area contributed by atoms with E-state index in [1.807, 2.05) is 29.2 Å². The van der Waals surface area contributed by atoms with Crippen molar-refractivity contribution in [1.82, 2.24) is 0 Å². The van der Waals surface area contributed by atoms with E-state index in [1.165, 1.54) is 5.56 Å². The summed E-state index contributed by atoms with van der Waals surface area (Å²) >= 11 is 0. The van der Waals surface area contributed by atoms with Gasteiger partial charge in [-0.25, -0.2) is 0 Å². The lowest BCUT2D eigenvalue weighted by Crippen LogP contribution is -2.30. The molecule has 2 aromatic rings. The van der Waals surface area contributed by atoms with Crippen LogP contribution in [0.15, 0.2) is 48.5 Å². The summed E-state index contributed by atoms with van der Waals surface area (Å²) in [5, 5.41) is 9.73. The van der Waals surface area contributed by atoms with E-state index < -0.39 is 0 Å². The van der Waals surface area contributed by atoms with Crippen LogP contribution in [0.3, 0.4) is 0 Å². The van der Waals surface area contributed by atoms with Gasteiger partial charge >= 0.3 is 0 Å². The Bertz CT molecular complexity index is 622. The van der Waals surface area contributed by atoms with E-state index in [4.69, 9.17) is 0 Å². The molecule has 0 saturated heterocycles. The lowest BCUT2D eigenvalue weighted by atomic mass is 10.1. The standard InChI is InChI=1S/C16H15NO2/c18-15-8-4-2-6-13(15)11-16(19)17-10-9-12-5-1-3-7-14(12)17/h1-8,18H,9-11H2. The molecule has 3 nitrogen and oxygen atoms in total. The molecule has 0 saturated carbocycles. The van der Waals surface area contributed by atoms with Crippen LogP contribution in [0.4, 0.5) is 5.69 Å². The fourth-order valence-electron chi connectivity index (χ4n) is 2.52. The number of hydrogen-bond acceptors (Lipinski definition) is 2. The maximum Gasteiger partial charge on any atom is 0.231 e. The normalized spacial score (nSPS) is 13.4. The Balaban J connectivity index is 1.81. The Morgan fingerprint density at radius 3 is 2.68 bits per heavy atom. The minimum Gasteiger partial charge on any atom is -0.508 e. The van der Waals surface area contributed by atoms with Gasteiger partial charge in [0.2, 0.25) is 5.91 Å². The summed E-state index contributed by atoms with van der Waals surface area (Å²) in [6.45, 7) is 0.728. The van der Waals surface area contributed by atoms with Crippen molar-refractivity contribution in [2.24, 2.45) is 0 Å². The first-order valence-corrected chi connectivity index (χ1v) is 6.41. The van der Waals surface area contributed by atoms with Crippen molar-refractivity contribution >= 4 is 11.6 Å². The second kappa shape index (κ2) is 4.76. The highest BCUT2D eigenvalue weighted by Gasteiger charge is 2.24. The molecule has 3 rings (SSSR count). The van der Waals surface area contributed by atoms with Gasteiger partial charge in [-0.1, -0.05) is 36.4 Å². The van der Waals surface area contributed by atoms with E-state index in [-0.39, 0.29) is 18.1 Å². The minimum absolute atomic E-state index is 0.0338. The van der Waals surface area contributed by atoms with Gasteiger partial charge in [-0.2, -0.15) is 0 Å². The van der Waals surface area contributed by atoms with Gasteiger partial charge in [0.05, 0.1) is 6.42 Å². The number of anilines is 1. The average Bonchev–Trinajstić information content (AvgIpc) is 2.85. The molecule has 0 atom stereocenters. The summed E-state index contributed by atoms with van der Waals surface area (Å²) in [5.74, 6) is 0.217. The van der Waals surface area contributed by atoms with Gasteiger partial charge in [-0.3, -0.25) is 4.79 Å². The van der Waals surface area contributed by atoms with Crippen LogP contribution in [0.2, 0.25) is 0 Å². The quantitative estimate of drug-likeness (QED) is 0.893. The van der Waals surface area contributed by atoms with Crippen molar-refractivity contribution in [1.29, 1.82) is 0 Å². The molecule has 0 bridgehead atoms. The fraction of sp³-hybridized carbons (Fsp3) is 0.188. The van der Waals surface area contributed by atoms with Crippen molar-refractivity contribution < 1.29 is 9.90 Å². The average molecular weight is 253 g/mol. The van der Waals surface area contributed by atoms with Gasteiger partial charge in [0.1, 0.15) is 5.75 Å². The Labute approximate surface area is 112 Å². The van der Waals surface area contributed by atoms with Crippen LogP contribution in [0.1, 0.15) is 11.1 Å². The van der Waals surface area contributed by atoms with Gasteiger partial charge in [0, 0.05) is 17.8 Å². The summed E-state index contributed by atoms with van der Waals surface area (Å²) in [4.78, 5) is 14.2. The number of nitrogens with zero attached hydrogens (tertiary/aromatic N) is 1. The third-order valence-electron chi connectivity index (χ3n) is 3.52. The molecule has 96 valence electrons. The van der Waals surface area contributed by atoms with Gasteiger partial charge in [-0.05, 0) is 24.1 Å². The third-order valence-corrected chi connectivity index (χ3v) is 3.52. The molecule has 0 aliphatic carbocycles. The zero-order valence-corrected chi connectivity index (χ0v) is 10.5. The largest absolute Gasteiger partial charge is 0.508 e. The molecule has 1 aliphatic rings. The van der Waals surface area contributed by atoms with E-state index in [0.29, 0.717) is 5.56 Å². The van der Waals surface area contributed by atoms with Crippen molar-refractivity contribution in [2.45, 2.75) is 12.8 Å². The summed E-state index contributed by atoms with van der Waals surface area (Å²) in [6, 6.07) is 15.0. The molecular formula is C16H15NO2. The first-order valence-electron chi connectivity index (χ1n) is 6.41. The van der Waals surface area contributed by atoms with Crippen LogP contribution in [0.5, 0.6) is 5.75 Å². The lowest BCUT2D eigenvalue weighted by molar-refractivity contribution is -0.117. The molecule has 1 amide bonds. The second-order valence-corrected chi connectivity index (χ2v) is 4.73. The first-order chi connectivity index (χ1) is 9.25. The Hall–Kier alpha value is -2.29. The number of carbonyl (C=O) groups excluding carboxylic acids is 1. The second-order valence-electron chi connectivity index (χ2n) is 4.73. The molecule has 0 fully saturated rings. The predicted molar refractivity (Wildman–Crippen MR) is 74.3 cm³/mol. The van der Waals surface area contributed by atoms with Crippen LogP contribution >= 0.6 is 0 Å². The van der Waals surface area contributed by atoms with Gasteiger partial charge in [0.15, 0.2) is 0 Å². The number of rotatable bonds is 2. The Kier molecular flexibility index (Phi) is 2.95. The summed E-state index contributed by atoms with van der Waals surface area (Å²) < 4.78 is 0. The van der Waals surface area contributed by atoms with Gasteiger partial charge in [-0.15, -0.1) is 0 Å². The monoisotopic (exact) mass is 253 g/mol. The fourth-order valence-corrected chi connectivity index (χ4v) is 2.52. The maximum atomic E-state index is 12.3. The third kappa shape index (κ3) is 2.19. The number of hydrogen-bond donors (Lipinski definition) is 1. The van der Waals surface area contributed by atoms with E-state index in [0.717, 1.165) is 18.7 Å². The van der Waals surface area contributed by atoms with E-state index in [9.17, 15) is 9.90 Å². The number of aromatic hydroxyl groups is 1. The number of fused-ring (bicyclic) bond motifs is 1. The molecule has 19 heavy (non-hydrogen) atoms. The zero-order valence-electron chi connectivity index (χ0n) is 10.5. The van der Waals surface area contributed by atoms with E-state index >= 15 is 0 Å². The molecule has 1 N–H and O–H groups in total. The number of phenols is 1. The van der Waals surface area contributed by atoms with E-state index in [1.54, 1.807) is 18.2 Å². The van der Waals surface area contributed by atoms with Crippen molar-refractivity contribution in [3.05, 3.63) is 59.7 Å². The summed E-state index contributed by atoms with van der Waals surface area (Å²) in [5.41, 5.74) is 2.90. The Morgan fingerprint density at radius 2 is 1.84 bits per heavy atom. The molecule has 0 spiro atoms. The summed E-state index contributed by atoms with van der Waals surface area (Å²) in [6.07, 6.45) is 1.14. The molecule has 0 radical (unpaired) electrons. The first kappa shape index (κ1) is 11.8.